The van der Waals surface area contributed by atoms with Crippen LogP contribution in [0.2, 0.25) is 0 Å². The molecule has 1 heterocycles. The molecule has 0 aliphatic heterocycles. The van der Waals surface area contributed by atoms with Crippen LogP contribution in [0.15, 0.2) is 255 Å². The summed E-state index contributed by atoms with van der Waals surface area (Å²) in [6.07, 6.45) is 10.9. The number of hydrogen-bond acceptors (Lipinski definition) is 1. The second kappa shape index (κ2) is 17.5. The first-order valence-electron chi connectivity index (χ1n) is 23.9. The van der Waals surface area contributed by atoms with E-state index in [1.54, 1.807) is 0 Å². The van der Waals surface area contributed by atoms with Crippen LogP contribution in [0.1, 0.15) is 36.1 Å². The number of aromatic nitrogens is 1. The number of fused-ring (bicyclic) bond motifs is 7. The Morgan fingerprint density at radius 1 is 0.449 bits per heavy atom. The Kier molecular flexibility index (Phi) is 10.6. The average molecular weight is 883 g/mol. The zero-order valence-corrected chi connectivity index (χ0v) is 38.8. The smallest absolute Gasteiger partial charge is 0.0541 e. The molecule has 328 valence electrons. The topological polar surface area (TPSA) is 17.0 Å². The Morgan fingerprint density at radius 3 is 1.64 bits per heavy atom. The Bertz CT molecular complexity index is 3690. The Balaban J connectivity index is 0.880. The van der Waals surface area contributed by atoms with Crippen molar-refractivity contribution in [1.82, 2.24) is 4.57 Å². The fourth-order valence-electron chi connectivity index (χ4n) is 10.5. The van der Waals surface area contributed by atoms with Gasteiger partial charge in [0.05, 0.1) is 11.0 Å². The molecular weight excluding hydrogens is 833 g/mol. The molecule has 69 heavy (non-hydrogen) atoms. The van der Waals surface area contributed by atoms with Gasteiger partial charge in [0.1, 0.15) is 0 Å². The second-order valence-corrected chi connectivity index (χ2v) is 18.6. The minimum atomic E-state index is -0.216. The van der Waals surface area contributed by atoms with Crippen molar-refractivity contribution in [3.8, 4) is 50.2 Å². The minimum Gasteiger partial charge on any atom is -0.362 e. The highest BCUT2D eigenvalue weighted by Crippen LogP contribution is 2.50. The monoisotopic (exact) mass is 882 g/mol. The molecule has 0 atom stereocenters. The van der Waals surface area contributed by atoms with Crippen LogP contribution in [0, 0.1) is 0 Å². The summed E-state index contributed by atoms with van der Waals surface area (Å²) in [4.78, 5) is 0. The van der Waals surface area contributed by atoms with Crippen molar-refractivity contribution in [1.29, 1.82) is 0 Å². The van der Waals surface area contributed by atoms with Gasteiger partial charge in [0.25, 0.3) is 0 Å². The van der Waals surface area contributed by atoms with Gasteiger partial charge < -0.3 is 9.88 Å². The first kappa shape index (κ1) is 41.7. The maximum absolute atomic E-state index is 3.48. The molecule has 10 aromatic carbocycles. The van der Waals surface area contributed by atoms with Gasteiger partial charge in [-0.1, -0.05) is 214 Å². The number of anilines is 1. The summed E-state index contributed by atoms with van der Waals surface area (Å²) < 4.78 is 2.47. The van der Waals surface area contributed by atoms with Gasteiger partial charge in [0, 0.05) is 33.8 Å². The number of nitrogens with one attached hydrogen (secondary N) is 1. The van der Waals surface area contributed by atoms with E-state index in [-0.39, 0.29) is 5.41 Å². The Labute approximate surface area is 404 Å². The molecular formula is C67H50N2. The van der Waals surface area contributed by atoms with Gasteiger partial charge in [-0.25, -0.2) is 0 Å². The largest absolute Gasteiger partial charge is 0.362 e. The van der Waals surface area contributed by atoms with Crippen LogP contribution in [0.4, 0.5) is 5.69 Å². The van der Waals surface area contributed by atoms with E-state index in [1.165, 1.54) is 105 Å². The van der Waals surface area contributed by atoms with E-state index in [4.69, 9.17) is 0 Å². The summed E-state index contributed by atoms with van der Waals surface area (Å²) in [5.74, 6) is 0. The summed E-state index contributed by atoms with van der Waals surface area (Å²) >= 11 is 0. The van der Waals surface area contributed by atoms with Crippen LogP contribution in [-0.2, 0) is 5.41 Å². The predicted molar refractivity (Wildman–Crippen MR) is 295 cm³/mol. The van der Waals surface area contributed by atoms with E-state index in [1.807, 2.05) is 6.20 Å². The number of nitrogens with zero attached hydrogens (tertiary/aromatic N) is 1. The molecule has 0 bridgehead atoms. The molecule has 0 saturated heterocycles. The van der Waals surface area contributed by atoms with Gasteiger partial charge in [-0.05, 0) is 138 Å². The lowest BCUT2D eigenvalue weighted by Gasteiger charge is -2.22. The molecule has 12 rings (SSSR count). The Morgan fingerprint density at radius 2 is 0.986 bits per heavy atom. The van der Waals surface area contributed by atoms with Gasteiger partial charge in [-0.2, -0.15) is 0 Å². The number of benzene rings is 10. The first-order valence-corrected chi connectivity index (χ1v) is 23.9. The van der Waals surface area contributed by atoms with E-state index >= 15 is 0 Å². The molecule has 1 aliphatic carbocycles. The van der Waals surface area contributed by atoms with Crippen molar-refractivity contribution in [2.75, 3.05) is 5.32 Å². The highest BCUT2D eigenvalue weighted by atomic mass is 15.0. The molecule has 1 N–H and O–H groups in total. The lowest BCUT2D eigenvalue weighted by Crippen LogP contribution is -2.15. The zero-order valence-electron chi connectivity index (χ0n) is 38.8. The molecule has 0 spiro atoms. The SMILES string of the molecule is CC1(C)c2cc(\C=C/C(=C\C=C\Nc3ccc(-c4ccccc4)cc3)c3cccc4ccccc34)ccc2-c2ccc(-n3c4ccc(-c5ccccc5)cc4c4cc(-c5ccccc5)ccc43)cc21. The molecule has 0 fully saturated rings. The molecule has 11 aromatic rings. The summed E-state index contributed by atoms with van der Waals surface area (Å²) in [5.41, 5.74) is 20.5. The van der Waals surface area contributed by atoms with Gasteiger partial charge >= 0.3 is 0 Å². The van der Waals surface area contributed by atoms with Crippen molar-refractivity contribution in [3.63, 3.8) is 0 Å². The fourth-order valence-corrected chi connectivity index (χ4v) is 10.5. The molecule has 2 heteroatoms. The fraction of sp³-hybridized carbons (Fsp3) is 0.0448. The maximum atomic E-state index is 3.48. The third-order valence-electron chi connectivity index (χ3n) is 14.1. The highest BCUT2D eigenvalue weighted by Gasteiger charge is 2.36. The van der Waals surface area contributed by atoms with Gasteiger partial charge in [-0.3, -0.25) is 0 Å². The molecule has 0 unspecified atom stereocenters. The van der Waals surface area contributed by atoms with E-state index in [9.17, 15) is 0 Å². The van der Waals surface area contributed by atoms with Crippen molar-refractivity contribution < 1.29 is 0 Å². The molecule has 0 amide bonds. The summed E-state index contributed by atoms with van der Waals surface area (Å²) in [7, 11) is 0. The molecule has 1 aromatic heterocycles. The summed E-state index contributed by atoms with van der Waals surface area (Å²) in [5, 5.41) is 8.44. The van der Waals surface area contributed by atoms with Gasteiger partial charge in [0.2, 0.25) is 0 Å². The number of rotatable bonds is 10. The van der Waals surface area contributed by atoms with Crippen molar-refractivity contribution >= 4 is 49.9 Å². The van der Waals surface area contributed by atoms with Crippen LogP contribution >= 0.6 is 0 Å². The number of allylic oxidation sites excluding steroid dienone is 4. The molecule has 0 radical (unpaired) electrons. The van der Waals surface area contributed by atoms with Crippen LogP contribution in [0.5, 0.6) is 0 Å². The van der Waals surface area contributed by atoms with Crippen LogP contribution in [-0.4, -0.2) is 4.57 Å². The number of hydrogen-bond donors (Lipinski definition) is 1. The van der Waals surface area contributed by atoms with E-state index < -0.39 is 0 Å². The van der Waals surface area contributed by atoms with Crippen molar-refractivity contribution in [2.24, 2.45) is 0 Å². The van der Waals surface area contributed by atoms with E-state index in [0.717, 1.165) is 11.3 Å². The van der Waals surface area contributed by atoms with Crippen molar-refractivity contribution in [2.45, 2.75) is 19.3 Å². The zero-order chi connectivity index (χ0) is 46.3. The molecule has 1 aliphatic rings. The van der Waals surface area contributed by atoms with E-state index in [2.05, 4.69) is 279 Å². The maximum Gasteiger partial charge on any atom is 0.0541 e. The van der Waals surface area contributed by atoms with Crippen molar-refractivity contribution in [3.05, 3.63) is 277 Å². The highest BCUT2D eigenvalue weighted by molar-refractivity contribution is 6.12. The molecule has 0 saturated carbocycles. The van der Waals surface area contributed by atoms with Gasteiger partial charge in [-0.15, -0.1) is 0 Å². The second-order valence-electron chi connectivity index (χ2n) is 18.6. The summed E-state index contributed by atoms with van der Waals surface area (Å²) in [6.45, 7) is 4.76. The van der Waals surface area contributed by atoms with Crippen LogP contribution < -0.4 is 5.32 Å². The van der Waals surface area contributed by atoms with Crippen LogP contribution in [0.3, 0.4) is 0 Å². The summed E-state index contributed by atoms with van der Waals surface area (Å²) in [6, 6.07) is 83.7. The lowest BCUT2D eigenvalue weighted by atomic mass is 9.81. The first-order chi connectivity index (χ1) is 34.0. The standard InChI is InChI=1S/C67H50N2/c1-67(2)63-42-46(27-29-52(58-26-14-23-51-22-12-13-25-57(51)58)24-15-41-68-55-34-30-50(31-35-55)47-16-6-3-7-17-47)28-37-59(63)60-38-36-56(45-64(60)67)69-65-39-32-53(48-18-8-4-9-19-48)43-61(65)62-44-54(33-40-66(62)69)49-20-10-5-11-21-49/h3-45,68H,1-2H3/b29-27-,41-15+,52-24+. The third-order valence-corrected chi connectivity index (χ3v) is 14.1. The minimum absolute atomic E-state index is 0.216. The lowest BCUT2D eigenvalue weighted by molar-refractivity contribution is 0.659. The predicted octanol–water partition coefficient (Wildman–Crippen LogP) is 18.0. The average Bonchev–Trinajstić information content (AvgIpc) is 3.85. The van der Waals surface area contributed by atoms with Gasteiger partial charge in [0.15, 0.2) is 0 Å². The third kappa shape index (κ3) is 7.76. The Hall–Kier alpha value is -8.72. The molecule has 2 nitrogen and oxygen atoms in total. The van der Waals surface area contributed by atoms with E-state index in [0.29, 0.717) is 0 Å². The van der Waals surface area contributed by atoms with Crippen LogP contribution in [0.25, 0.3) is 94.4 Å². The normalized spacial score (nSPS) is 13.2. The quantitative estimate of drug-likeness (QED) is 0.135.